The van der Waals surface area contributed by atoms with Crippen molar-refractivity contribution in [2.45, 2.75) is 77.2 Å². The van der Waals surface area contributed by atoms with Gasteiger partial charge < -0.3 is 10.2 Å². The minimum absolute atomic E-state index is 0.103. The van der Waals surface area contributed by atoms with E-state index in [9.17, 15) is 15.0 Å². The average molecular weight is 306 g/mol. The highest BCUT2D eigenvalue weighted by Gasteiger charge is 2.65. The van der Waals surface area contributed by atoms with E-state index in [1.165, 1.54) is 12.8 Å². The highest BCUT2D eigenvalue weighted by Crippen LogP contribution is 2.71. The maximum Gasteiger partial charge on any atom is 0.306 e. The predicted molar refractivity (Wildman–Crippen MR) is 84.3 cm³/mol. The third kappa shape index (κ3) is 1.81. The topological polar surface area (TPSA) is 57.5 Å². The minimum atomic E-state index is -0.564. The molecule has 0 aromatic carbocycles. The largest absolute Gasteiger partial charge is 0.481 e. The van der Waals surface area contributed by atoms with E-state index < -0.39 is 11.6 Å². The molecule has 0 unspecified atom stereocenters. The second kappa shape index (κ2) is 4.49. The lowest BCUT2D eigenvalue weighted by atomic mass is 9.43. The molecule has 4 fully saturated rings. The molecule has 7 atom stereocenters. The molecule has 1 spiro atoms. The first-order valence-electron chi connectivity index (χ1n) is 9.24. The van der Waals surface area contributed by atoms with Crippen molar-refractivity contribution in [1.29, 1.82) is 0 Å². The SMILES string of the molecule is C[C@@]12CCC[C@](C)(O)[C@@H]1CC[C@]13C[C@H](CC[C@@H]12)[C@H](C(=O)O)C3. The Kier molecular flexibility index (Phi) is 3.06. The Morgan fingerprint density at radius 3 is 2.50 bits per heavy atom. The van der Waals surface area contributed by atoms with Crippen molar-refractivity contribution in [3.05, 3.63) is 0 Å². The van der Waals surface area contributed by atoms with Crippen LogP contribution in [-0.2, 0) is 4.79 Å². The normalized spacial score (nSPS) is 57.0. The smallest absolute Gasteiger partial charge is 0.306 e. The zero-order chi connectivity index (χ0) is 15.8. The summed E-state index contributed by atoms with van der Waals surface area (Å²) >= 11 is 0. The van der Waals surface area contributed by atoms with Gasteiger partial charge in [0, 0.05) is 0 Å². The van der Waals surface area contributed by atoms with E-state index in [1.54, 1.807) is 0 Å². The van der Waals surface area contributed by atoms with E-state index in [4.69, 9.17) is 0 Å². The summed E-state index contributed by atoms with van der Waals surface area (Å²) in [6.45, 7) is 4.47. The van der Waals surface area contributed by atoms with Crippen molar-refractivity contribution >= 4 is 5.97 Å². The number of carbonyl (C=O) groups is 1. The van der Waals surface area contributed by atoms with Crippen LogP contribution in [0, 0.1) is 34.5 Å². The summed E-state index contributed by atoms with van der Waals surface area (Å²) in [6, 6.07) is 0. The molecule has 4 aliphatic carbocycles. The molecule has 2 bridgehead atoms. The van der Waals surface area contributed by atoms with Crippen molar-refractivity contribution in [2.75, 3.05) is 0 Å². The summed E-state index contributed by atoms with van der Waals surface area (Å²) < 4.78 is 0. The van der Waals surface area contributed by atoms with E-state index in [0.29, 0.717) is 17.8 Å². The fourth-order valence-electron chi connectivity index (χ4n) is 7.70. The predicted octanol–water partition coefficient (Wildman–Crippen LogP) is 3.84. The average Bonchev–Trinajstić information content (AvgIpc) is 2.69. The summed E-state index contributed by atoms with van der Waals surface area (Å²) in [6.07, 6.45) is 9.86. The molecule has 124 valence electrons. The lowest BCUT2D eigenvalue weighted by molar-refractivity contribution is -0.180. The summed E-state index contributed by atoms with van der Waals surface area (Å²) in [7, 11) is 0. The van der Waals surface area contributed by atoms with Crippen LogP contribution < -0.4 is 0 Å². The van der Waals surface area contributed by atoms with Gasteiger partial charge in [-0.2, -0.15) is 0 Å². The van der Waals surface area contributed by atoms with Crippen LogP contribution in [0.5, 0.6) is 0 Å². The van der Waals surface area contributed by atoms with E-state index in [1.807, 2.05) is 6.92 Å². The highest BCUT2D eigenvalue weighted by atomic mass is 16.4. The van der Waals surface area contributed by atoms with Crippen molar-refractivity contribution < 1.29 is 15.0 Å². The molecule has 0 heterocycles. The Bertz CT molecular complexity index is 499. The van der Waals surface area contributed by atoms with Gasteiger partial charge in [0.2, 0.25) is 0 Å². The lowest BCUT2D eigenvalue weighted by Crippen LogP contribution is -2.58. The number of hydrogen-bond acceptors (Lipinski definition) is 2. The summed E-state index contributed by atoms with van der Waals surface area (Å²) in [5.74, 6) is 0.786. The Morgan fingerprint density at radius 1 is 1.00 bits per heavy atom. The van der Waals surface area contributed by atoms with Crippen LogP contribution in [0.15, 0.2) is 0 Å². The molecule has 4 rings (SSSR count). The van der Waals surface area contributed by atoms with Crippen LogP contribution in [0.4, 0.5) is 0 Å². The number of aliphatic hydroxyl groups is 1. The molecule has 4 aliphatic rings. The van der Waals surface area contributed by atoms with Gasteiger partial charge in [0.1, 0.15) is 0 Å². The zero-order valence-corrected chi connectivity index (χ0v) is 14.0. The third-order valence-corrected chi connectivity index (χ3v) is 8.42. The van der Waals surface area contributed by atoms with Gasteiger partial charge >= 0.3 is 5.97 Å². The van der Waals surface area contributed by atoms with Crippen molar-refractivity contribution in [3.63, 3.8) is 0 Å². The molecular formula is C19H30O3. The van der Waals surface area contributed by atoms with Gasteiger partial charge in [0.25, 0.3) is 0 Å². The van der Waals surface area contributed by atoms with Gasteiger partial charge in [-0.1, -0.05) is 13.3 Å². The Balaban J connectivity index is 1.70. The fraction of sp³-hybridized carbons (Fsp3) is 0.947. The molecule has 0 amide bonds. The van der Waals surface area contributed by atoms with Crippen LogP contribution in [0.1, 0.15) is 71.6 Å². The maximum atomic E-state index is 11.6. The number of aliphatic carboxylic acids is 1. The number of rotatable bonds is 1. The van der Waals surface area contributed by atoms with Crippen molar-refractivity contribution in [1.82, 2.24) is 0 Å². The maximum absolute atomic E-state index is 11.6. The first-order chi connectivity index (χ1) is 10.3. The first kappa shape index (κ1) is 15.0. The first-order valence-corrected chi connectivity index (χ1v) is 9.24. The Hall–Kier alpha value is -0.570. The highest BCUT2D eigenvalue weighted by molar-refractivity contribution is 5.71. The molecule has 22 heavy (non-hydrogen) atoms. The number of hydrogen-bond donors (Lipinski definition) is 2. The second-order valence-corrected chi connectivity index (χ2v) is 9.41. The monoisotopic (exact) mass is 306 g/mol. The minimum Gasteiger partial charge on any atom is -0.481 e. The molecular weight excluding hydrogens is 276 g/mol. The molecule has 3 nitrogen and oxygen atoms in total. The number of carboxylic acids is 1. The second-order valence-electron chi connectivity index (χ2n) is 9.41. The molecule has 0 radical (unpaired) electrons. The van der Waals surface area contributed by atoms with Crippen LogP contribution in [0.25, 0.3) is 0 Å². The van der Waals surface area contributed by atoms with Crippen LogP contribution >= 0.6 is 0 Å². The van der Waals surface area contributed by atoms with Gasteiger partial charge in [-0.15, -0.1) is 0 Å². The summed E-state index contributed by atoms with van der Waals surface area (Å²) in [4.78, 5) is 11.6. The summed E-state index contributed by atoms with van der Waals surface area (Å²) in [5.41, 5.74) is -0.0285. The van der Waals surface area contributed by atoms with E-state index in [0.717, 1.165) is 44.9 Å². The molecule has 2 N–H and O–H groups in total. The Labute approximate surface area is 133 Å². The van der Waals surface area contributed by atoms with Crippen molar-refractivity contribution in [2.24, 2.45) is 34.5 Å². The molecule has 0 aromatic rings. The zero-order valence-electron chi connectivity index (χ0n) is 14.0. The van der Waals surface area contributed by atoms with E-state index >= 15 is 0 Å². The Morgan fingerprint density at radius 2 is 1.77 bits per heavy atom. The van der Waals surface area contributed by atoms with Crippen molar-refractivity contribution in [3.8, 4) is 0 Å². The van der Waals surface area contributed by atoms with Gasteiger partial charge in [-0.25, -0.2) is 0 Å². The van der Waals surface area contributed by atoms with Gasteiger partial charge in [-0.05, 0) is 86.9 Å². The quantitative estimate of drug-likeness (QED) is 0.773. The van der Waals surface area contributed by atoms with Gasteiger partial charge in [0.15, 0.2) is 0 Å². The van der Waals surface area contributed by atoms with Crippen LogP contribution in [-0.4, -0.2) is 21.8 Å². The molecule has 0 aromatic heterocycles. The van der Waals surface area contributed by atoms with Gasteiger partial charge in [0.05, 0.1) is 11.5 Å². The van der Waals surface area contributed by atoms with Crippen LogP contribution in [0.2, 0.25) is 0 Å². The number of carboxylic acid groups (broad SMARTS) is 1. The third-order valence-electron chi connectivity index (χ3n) is 8.42. The van der Waals surface area contributed by atoms with E-state index in [-0.39, 0.29) is 16.7 Å². The van der Waals surface area contributed by atoms with Crippen LogP contribution in [0.3, 0.4) is 0 Å². The van der Waals surface area contributed by atoms with Gasteiger partial charge in [-0.3, -0.25) is 4.79 Å². The van der Waals surface area contributed by atoms with E-state index in [2.05, 4.69) is 6.92 Å². The molecule has 0 aliphatic heterocycles. The molecule has 3 heteroatoms. The molecule has 4 saturated carbocycles. The summed E-state index contributed by atoms with van der Waals surface area (Å²) in [5, 5.41) is 20.5. The lowest BCUT2D eigenvalue weighted by Gasteiger charge is -2.63. The molecule has 0 saturated heterocycles. The number of fused-ring (bicyclic) bond motifs is 3. The standard InChI is InChI=1S/C19H30O3/c1-17-7-3-8-18(2,22)14(17)6-9-19-10-12(4-5-15(17)19)13(11-19)16(20)21/h12-15,22H,3-11H2,1-2H3,(H,20,21)/t12-,13+,14+,15+,17+,18-,19+/m0/s1. The fourth-order valence-corrected chi connectivity index (χ4v) is 7.70.